The average molecular weight is 411 g/mol. The smallest absolute Gasteiger partial charge is 0.407 e. The number of nitrogens with zero attached hydrogens (tertiary/aromatic N) is 2. The monoisotopic (exact) mass is 410 g/mol. The molecule has 5 N–H and O–H groups in total. The second kappa shape index (κ2) is 9.89. The Hall–Kier alpha value is -3.39. The van der Waals surface area contributed by atoms with Crippen LogP contribution in [0, 0.1) is 0 Å². The predicted molar refractivity (Wildman–Crippen MR) is 120 cm³/mol. The molecule has 0 atom stereocenters. The van der Waals surface area contributed by atoms with E-state index in [9.17, 15) is 4.79 Å². The number of fused-ring (bicyclic) bond motifs is 2. The zero-order valence-corrected chi connectivity index (χ0v) is 16.8. The lowest BCUT2D eigenvalue weighted by atomic mass is 10.2. The van der Waals surface area contributed by atoms with Crippen molar-refractivity contribution in [2.24, 2.45) is 5.73 Å². The number of nitrogens with one attached hydrogen (secondary N) is 3. The number of hydrogen-bond acceptors (Lipinski definition) is 5. The van der Waals surface area contributed by atoms with Gasteiger partial charge in [-0.3, -0.25) is 0 Å². The number of pyridine rings is 2. The number of carbonyl (C=O) groups is 1. The van der Waals surface area contributed by atoms with Crippen molar-refractivity contribution in [2.45, 2.75) is 46.9 Å². The number of carbonyl (C=O) groups excluding carboxylic acids is 1. The van der Waals surface area contributed by atoms with Crippen LogP contribution in [0.2, 0.25) is 0 Å². The zero-order chi connectivity index (χ0) is 20.9. The highest BCUT2D eigenvalue weighted by Gasteiger charge is 2.16. The first kappa shape index (κ1) is 22.9. The lowest BCUT2D eigenvalue weighted by Gasteiger charge is -2.19. The van der Waals surface area contributed by atoms with E-state index in [1.54, 1.807) is 12.4 Å². The first-order valence-corrected chi connectivity index (χ1v) is 9.36. The van der Waals surface area contributed by atoms with Crippen molar-refractivity contribution in [2.75, 3.05) is 0 Å². The fraction of sp³-hybridized carbons (Fsp3) is 0.318. The second-order valence-corrected chi connectivity index (χ2v) is 7.48. The van der Waals surface area contributed by atoms with E-state index in [2.05, 4.69) is 25.3 Å². The van der Waals surface area contributed by atoms with Crippen LogP contribution < -0.4 is 11.1 Å². The molecular formula is C22H30N6O2. The van der Waals surface area contributed by atoms with E-state index in [4.69, 9.17) is 10.5 Å². The van der Waals surface area contributed by atoms with Crippen molar-refractivity contribution in [1.82, 2.24) is 25.3 Å². The molecule has 0 radical (unpaired) electrons. The second-order valence-electron chi connectivity index (χ2n) is 7.48. The van der Waals surface area contributed by atoms with Crippen LogP contribution in [-0.4, -0.2) is 31.6 Å². The Morgan fingerprint density at radius 1 is 1.00 bits per heavy atom. The van der Waals surface area contributed by atoms with Gasteiger partial charge >= 0.3 is 6.09 Å². The molecule has 0 fully saturated rings. The quantitative estimate of drug-likeness (QED) is 0.402. The molecule has 4 aromatic rings. The number of amides is 1. The van der Waals surface area contributed by atoms with E-state index in [1.165, 1.54) is 0 Å². The Bertz CT molecular complexity index is 1090. The zero-order valence-electron chi connectivity index (χ0n) is 16.8. The van der Waals surface area contributed by atoms with Crippen LogP contribution in [-0.2, 0) is 17.8 Å². The Labute approximate surface area is 176 Å². The first-order chi connectivity index (χ1) is 13.9. The van der Waals surface area contributed by atoms with E-state index >= 15 is 0 Å². The summed E-state index contributed by atoms with van der Waals surface area (Å²) in [5.41, 5.74) is 8.92. The predicted octanol–water partition coefficient (Wildman–Crippen LogP) is 4.25. The molecule has 0 aromatic carbocycles. The van der Waals surface area contributed by atoms with E-state index in [-0.39, 0.29) is 7.43 Å². The van der Waals surface area contributed by atoms with Crippen molar-refractivity contribution >= 4 is 28.2 Å². The van der Waals surface area contributed by atoms with Gasteiger partial charge in [0.25, 0.3) is 0 Å². The van der Waals surface area contributed by atoms with Crippen LogP contribution in [0.3, 0.4) is 0 Å². The molecule has 4 heterocycles. The molecule has 160 valence electrons. The van der Waals surface area contributed by atoms with Gasteiger partial charge in [-0.15, -0.1) is 0 Å². The highest BCUT2D eigenvalue weighted by Crippen LogP contribution is 2.15. The van der Waals surface area contributed by atoms with Crippen molar-refractivity contribution in [3.63, 3.8) is 0 Å². The number of rotatable bonds is 3. The molecule has 0 spiro atoms. The van der Waals surface area contributed by atoms with Gasteiger partial charge in [-0.1, -0.05) is 7.43 Å². The van der Waals surface area contributed by atoms with Gasteiger partial charge in [0.1, 0.15) is 16.9 Å². The minimum absolute atomic E-state index is 0. The van der Waals surface area contributed by atoms with E-state index in [1.807, 2.05) is 57.4 Å². The molecule has 0 aliphatic carbocycles. The molecule has 8 heteroatoms. The van der Waals surface area contributed by atoms with Gasteiger partial charge in [-0.05, 0) is 56.2 Å². The van der Waals surface area contributed by atoms with E-state index < -0.39 is 11.7 Å². The van der Waals surface area contributed by atoms with Gasteiger partial charge in [-0.2, -0.15) is 0 Å². The third kappa shape index (κ3) is 5.81. The van der Waals surface area contributed by atoms with Crippen molar-refractivity contribution in [1.29, 1.82) is 0 Å². The summed E-state index contributed by atoms with van der Waals surface area (Å²) >= 11 is 0. The number of aromatic amines is 2. The van der Waals surface area contributed by atoms with Crippen molar-refractivity contribution < 1.29 is 9.53 Å². The molecule has 1 amide bonds. The van der Waals surface area contributed by atoms with Crippen molar-refractivity contribution in [3.8, 4) is 0 Å². The Balaban J connectivity index is 0.000000229. The van der Waals surface area contributed by atoms with Gasteiger partial charge in [0.15, 0.2) is 0 Å². The molecule has 0 aliphatic rings. The summed E-state index contributed by atoms with van der Waals surface area (Å²) in [6, 6.07) is 7.75. The maximum Gasteiger partial charge on any atom is 0.407 e. The summed E-state index contributed by atoms with van der Waals surface area (Å²) in [6.45, 7) is 6.50. The summed E-state index contributed by atoms with van der Waals surface area (Å²) < 4.78 is 5.18. The summed E-state index contributed by atoms with van der Waals surface area (Å²) in [7, 11) is 0. The standard InChI is InChI=1S/C13H17N3O2.C8H9N3.CH4/c1-13(2,3)18-12(17)16-8-9-4-6-14-11-10(9)5-7-15-11;9-5-6-1-3-10-8-7(6)2-4-11-8;/h4-7H,8H2,1-3H3,(H,14,15)(H,16,17);1-4H,5,9H2,(H,10,11);1H4. The van der Waals surface area contributed by atoms with Gasteiger partial charge in [0.2, 0.25) is 0 Å². The molecule has 0 saturated carbocycles. The lowest BCUT2D eigenvalue weighted by molar-refractivity contribution is 0.0524. The number of alkyl carbamates (subject to hydrolysis) is 1. The third-order valence-corrected chi connectivity index (χ3v) is 4.14. The minimum Gasteiger partial charge on any atom is -0.444 e. The molecule has 4 rings (SSSR count). The lowest BCUT2D eigenvalue weighted by Crippen LogP contribution is -2.32. The largest absolute Gasteiger partial charge is 0.444 e. The van der Waals surface area contributed by atoms with Crippen LogP contribution in [0.1, 0.15) is 39.3 Å². The topological polar surface area (TPSA) is 122 Å². The van der Waals surface area contributed by atoms with Crippen molar-refractivity contribution in [3.05, 3.63) is 60.2 Å². The summed E-state index contributed by atoms with van der Waals surface area (Å²) in [5, 5.41) is 4.86. The van der Waals surface area contributed by atoms with Gasteiger partial charge in [-0.25, -0.2) is 14.8 Å². The average Bonchev–Trinajstić information content (AvgIpc) is 3.34. The fourth-order valence-electron chi connectivity index (χ4n) is 2.85. The van der Waals surface area contributed by atoms with Crippen LogP contribution >= 0.6 is 0 Å². The van der Waals surface area contributed by atoms with Crippen LogP contribution in [0.4, 0.5) is 4.79 Å². The Kier molecular flexibility index (Phi) is 7.54. The number of hydrogen-bond donors (Lipinski definition) is 4. The molecule has 0 unspecified atom stereocenters. The number of ether oxygens (including phenoxy) is 1. The summed E-state index contributed by atoms with van der Waals surface area (Å²) in [6.07, 6.45) is 6.76. The number of aromatic nitrogens is 4. The highest BCUT2D eigenvalue weighted by atomic mass is 16.6. The summed E-state index contributed by atoms with van der Waals surface area (Å²) in [4.78, 5) is 25.9. The number of H-pyrrole nitrogens is 2. The normalized spacial score (nSPS) is 10.8. The van der Waals surface area contributed by atoms with E-state index in [0.29, 0.717) is 13.1 Å². The van der Waals surface area contributed by atoms with Crippen LogP contribution in [0.15, 0.2) is 49.1 Å². The Morgan fingerprint density at radius 2 is 1.53 bits per heavy atom. The van der Waals surface area contributed by atoms with Gasteiger partial charge in [0, 0.05) is 48.6 Å². The SMILES string of the molecule is C.CC(C)(C)OC(=O)NCc1ccnc2[nH]ccc12.NCc1ccnc2[nH]ccc12. The van der Waals surface area contributed by atoms with Gasteiger partial charge in [0.05, 0.1) is 0 Å². The molecule has 30 heavy (non-hydrogen) atoms. The van der Waals surface area contributed by atoms with Crippen LogP contribution in [0.25, 0.3) is 22.1 Å². The molecule has 8 nitrogen and oxygen atoms in total. The molecule has 0 bridgehead atoms. The van der Waals surface area contributed by atoms with Crippen LogP contribution in [0.5, 0.6) is 0 Å². The summed E-state index contributed by atoms with van der Waals surface area (Å²) in [5.74, 6) is 0. The molecule has 0 saturated heterocycles. The number of nitrogens with two attached hydrogens (primary N) is 1. The molecule has 4 aromatic heterocycles. The van der Waals surface area contributed by atoms with Gasteiger partial charge < -0.3 is 25.8 Å². The van der Waals surface area contributed by atoms with E-state index in [0.717, 1.165) is 33.2 Å². The highest BCUT2D eigenvalue weighted by molar-refractivity contribution is 5.80. The maximum atomic E-state index is 11.5. The Morgan fingerprint density at radius 3 is 2.07 bits per heavy atom. The fourth-order valence-corrected chi connectivity index (χ4v) is 2.85. The maximum absolute atomic E-state index is 11.5. The first-order valence-electron chi connectivity index (χ1n) is 9.36. The molecule has 0 aliphatic heterocycles. The molecular weight excluding hydrogens is 380 g/mol. The third-order valence-electron chi connectivity index (χ3n) is 4.14. The minimum atomic E-state index is -0.480.